The van der Waals surface area contributed by atoms with Crippen LogP contribution in [-0.4, -0.2) is 11.7 Å². The average molecular weight is 261 g/mol. The lowest BCUT2D eigenvalue weighted by Gasteiger charge is -2.11. The number of hydrogen-bond donors (Lipinski definition) is 1. The van der Waals surface area contributed by atoms with Gasteiger partial charge in [-0.25, -0.2) is 0 Å². The minimum absolute atomic E-state index is 0.148. The Morgan fingerprint density at radius 2 is 2.06 bits per heavy atom. The molecule has 4 heteroatoms. The fourth-order valence-corrected chi connectivity index (χ4v) is 1.77. The highest BCUT2D eigenvalue weighted by Crippen LogP contribution is 2.32. The lowest BCUT2D eigenvalue weighted by atomic mass is 10.2. The Morgan fingerprint density at radius 1 is 1.38 bits per heavy atom. The van der Waals surface area contributed by atoms with Gasteiger partial charge in [-0.05, 0) is 32.1 Å². The molecule has 0 spiro atoms. The van der Waals surface area contributed by atoms with Crippen molar-refractivity contribution in [2.45, 2.75) is 20.5 Å². The Balaban J connectivity index is 2.90. The molecule has 1 aromatic rings. The molecule has 1 aromatic carbocycles. The summed E-state index contributed by atoms with van der Waals surface area (Å²) in [6, 6.07) is 3.24. The van der Waals surface area contributed by atoms with Crippen molar-refractivity contribution >= 4 is 23.2 Å². The zero-order valence-corrected chi connectivity index (χ0v) is 10.8. The first-order valence-electron chi connectivity index (χ1n) is 4.89. The molecule has 1 rings (SSSR count). The summed E-state index contributed by atoms with van der Waals surface area (Å²) in [6.07, 6.45) is 1.94. The molecule has 2 nitrogen and oxygen atoms in total. The summed E-state index contributed by atoms with van der Waals surface area (Å²) in [5.41, 5.74) is 1.76. The molecule has 0 aliphatic carbocycles. The van der Waals surface area contributed by atoms with Gasteiger partial charge in [-0.15, -0.1) is 0 Å². The second-order valence-corrected chi connectivity index (χ2v) is 4.47. The van der Waals surface area contributed by atoms with Crippen molar-refractivity contribution < 1.29 is 9.84 Å². The molecule has 0 saturated heterocycles. The molecule has 0 aliphatic rings. The van der Waals surface area contributed by atoms with E-state index in [2.05, 4.69) is 0 Å². The molecule has 0 heterocycles. The minimum atomic E-state index is -0.148. The van der Waals surface area contributed by atoms with Crippen LogP contribution in [0.15, 0.2) is 23.8 Å². The molecule has 0 aromatic heterocycles. The topological polar surface area (TPSA) is 29.5 Å². The lowest BCUT2D eigenvalue weighted by Crippen LogP contribution is -1.99. The summed E-state index contributed by atoms with van der Waals surface area (Å²) in [7, 11) is 0. The van der Waals surface area contributed by atoms with Crippen molar-refractivity contribution in [3.8, 4) is 5.75 Å². The summed E-state index contributed by atoms with van der Waals surface area (Å²) >= 11 is 11.8. The van der Waals surface area contributed by atoms with E-state index in [-0.39, 0.29) is 6.61 Å². The van der Waals surface area contributed by atoms with E-state index in [0.717, 1.165) is 5.57 Å². The Hall–Kier alpha value is -0.700. The van der Waals surface area contributed by atoms with E-state index in [1.54, 1.807) is 12.1 Å². The molecule has 0 unspecified atom stereocenters. The molecule has 0 fully saturated rings. The van der Waals surface area contributed by atoms with Gasteiger partial charge in [0.25, 0.3) is 0 Å². The van der Waals surface area contributed by atoms with Gasteiger partial charge in [-0.2, -0.15) is 0 Å². The number of benzene rings is 1. The van der Waals surface area contributed by atoms with Gasteiger partial charge in [-0.3, -0.25) is 0 Å². The summed E-state index contributed by atoms with van der Waals surface area (Å²) in [4.78, 5) is 0. The number of allylic oxidation sites excluding steroid dienone is 1. The maximum absolute atomic E-state index is 9.16. The van der Waals surface area contributed by atoms with Crippen LogP contribution in [0, 0.1) is 0 Å². The zero-order valence-electron chi connectivity index (χ0n) is 9.26. The summed E-state index contributed by atoms with van der Waals surface area (Å²) in [6.45, 7) is 4.25. The third kappa shape index (κ3) is 3.71. The Morgan fingerprint density at radius 3 is 2.62 bits per heavy atom. The predicted molar refractivity (Wildman–Crippen MR) is 67.3 cm³/mol. The summed E-state index contributed by atoms with van der Waals surface area (Å²) in [5, 5.41) is 10.1. The third-order valence-corrected chi connectivity index (χ3v) is 2.47. The van der Waals surface area contributed by atoms with Gasteiger partial charge in [0.2, 0.25) is 0 Å². The second-order valence-electron chi connectivity index (χ2n) is 3.63. The number of halogens is 2. The molecule has 0 amide bonds. The third-order valence-electron chi connectivity index (χ3n) is 1.97. The number of ether oxygens (including phenoxy) is 1. The molecule has 0 saturated carbocycles. The van der Waals surface area contributed by atoms with Gasteiger partial charge in [0.05, 0.1) is 11.6 Å². The quantitative estimate of drug-likeness (QED) is 0.834. The first-order chi connectivity index (χ1) is 7.54. The summed E-state index contributed by atoms with van der Waals surface area (Å²) in [5.74, 6) is 0.492. The monoisotopic (exact) mass is 260 g/mol. The lowest BCUT2D eigenvalue weighted by molar-refractivity contribution is 0.270. The van der Waals surface area contributed by atoms with Crippen molar-refractivity contribution in [1.82, 2.24) is 0 Å². The van der Waals surface area contributed by atoms with E-state index in [4.69, 9.17) is 33.0 Å². The van der Waals surface area contributed by atoms with Crippen LogP contribution >= 0.6 is 23.2 Å². The minimum Gasteiger partial charge on any atom is -0.488 e. The van der Waals surface area contributed by atoms with Gasteiger partial charge in [0.15, 0.2) is 0 Å². The van der Waals surface area contributed by atoms with Crippen LogP contribution in [0.25, 0.3) is 0 Å². The highest BCUT2D eigenvalue weighted by molar-refractivity contribution is 6.35. The van der Waals surface area contributed by atoms with Gasteiger partial charge in [0, 0.05) is 10.6 Å². The van der Waals surface area contributed by atoms with Crippen LogP contribution in [0.2, 0.25) is 10.0 Å². The van der Waals surface area contributed by atoms with Crippen molar-refractivity contribution in [2.75, 3.05) is 6.61 Å². The van der Waals surface area contributed by atoms with Crippen LogP contribution in [-0.2, 0) is 6.61 Å². The Labute approximate surface area is 105 Å². The van der Waals surface area contributed by atoms with Gasteiger partial charge >= 0.3 is 0 Å². The fourth-order valence-electron chi connectivity index (χ4n) is 1.18. The highest BCUT2D eigenvalue weighted by atomic mass is 35.5. The standard InChI is InChI=1S/C12H14Cl2O2/c1-8(2)3-4-16-12-9(7-15)5-10(13)6-11(12)14/h3,5-6,15H,4,7H2,1-2H3. The maximum Gasteiger partial charge on any atom is 0.143 e. The van der Waals surface area contributed by atoms with E-state index < -0.39 is 0 Å². The number of hydrogen-bond acceptors (Lipinski definition) is 2. The average Bonchev–Trinajstić information content (AvgIpc) is 2.20. The molecule has 88 valence electrons. The smallest absolute Gasteiger partial charge is 0.143 e. The van der Waals surface area contributed by atoms with E-state index >= 15 is 0 Å². The molecule has 1 N–H and O–H groups in total. The van der Waals surface area contributed by atoms with Gasteiger partial charge < -0.3 is 9.84 Å². The van der Waals surface area contributed by atoms with Crippen molar-refractivity contribution in [1.29, 1.82) is 0 Å². The van der Waals surface area contributed by atoms with E-state index in [1.165, 1.54) is 0 Å². The molecule has 0 atom stereocenters. The first kappa shape index (κ1) is 13.4. The summed E-state index contributed by atoms with van der Waals surface area (Å²) < 4.78 is 5.50. The largest absolute Gasteiger partial charge is 0.488 e. The number of aliphatic hydroxyl groups is 1. The van der Waals surface area contributed by atoms with Gasteiger partial charge in [0.1, 0.15) is 12.4 Å². The molecule has 0 bridgehead atoms. The second kappa shape index (κ2) is 6.14. The predicted octanol–water partition coefficient (Wildman–Crippen LogP) is 3.83. The first-order valence-corrected chi connectivity index (χ1v) is 5.65. The fraction of sp³-hybridized carbons (Fsp3) is 0.333. The number of aliphatic hydroxyl groups excluding tert-OH is 1. The van der Waals surface area contributed by atoms with Crippen LogP contribution in [0.4, 0.5) is 0 Å². The number of rotatable bonds is 4. The molecule has 0 aliphatic heterocycles. The molecular formula is C12H14Cl2O2. The van der Waals surface area contributed by atoms with E-state index in [0.29, 0.717) is 28.0 Å². The normalized spacial score (nSPS) is 10.1. The van der Waals surface area contributed by atoms with Crippen molar-refractivity contribution in [3.05, 3.63) is 39.4 Å². The molecule has 0 radical (unpaired) electrons. The Kier molecular flexibility index (Phi) is 5.13. The van der Waals surface area contributed by atoms with Crippen LogP contribution < -0.4 is 4.74 Å². The van der Waals surface area contributed by atoms with Crippen LogP contribution in [0.3, 0.4) is 0 Å². The SMILES string of the molecule is CC(C)=CCOc1c(Cl)cc(Cl)cc1CO. The van der Waals surface area contributed by atoms with E-state index in [9.17, 15) is 0 Å². The van der Waals surface area contributed by atoms with Crippen LogP contribution in [0.5, 0.6) is 5.75 Å². The van der Waals surface area contributed by atoms with Crippen molar-refractivity contribution in [3.63, 3.8) is 0 Å². The molecule has 16 heavy (non-hydrogen) atoms. The zero-order chi connectivity index (χ0) is 12.1. The highest BCUT2D eigenvalue weighted by Gasteiger charge is 2.09. The van der Waals surface area contributed by atoms with Gasteiger partial charge in [-0.1, -0.05) is 28.8 Å². The van der Waals surface area contributed by atoms with Crippen LogP contribution in [0.1, 0.15) is 19.4 Å². The Bertz CT molecular complexity index is 396. The van der Waals surface area contributed by atoms with E-state index in [1.807, 2.05) is 19.9 Å². The molecular weight excluding hydrogens is 247 g/mol. The maximum atomic E-state index is 9.16. The van der Waals surface area contributed by atoms with Crippen molar-refractivity contribution in [2.24, 2.45) is 0 Å².